The van der Waals surface area contributed by atoms with Crippen LogP contribution in [0.15, 0.2) is 24.3 Å². The number of piperidine rings is 1. The molecule has 1 aliphatic heterocycles. The average Bonchev–Trinajstić information content (AvgIpc) is 3.33. The number of hydrogen-bond acceptors (Lipinski definition) is 3. The van der Waals surface area contributed by atoms with E-state index in [0.29, 0.717) is 18.5 Å². The fourth-order valence-electron chi connectivity index (χ4n) is 3.81. The number of alkyl halides is 3. The normalized spacial score (nSPS) is 27.7. The van der Waals surface area contributed by atoms with E-state index in [0.717, 1.165) is 19.3 Å². The predicted octanol–water partition coefficient (Wildman–Crippen LogP) is 3.42. The second-order valence-electron chi connectivity index (χ2n) is 6.99. The zero-order valence-corrected chi connectivity index (χ0v) is 14.1. The van der Waals surface area contributed by atoms with E-state index in [1.165, 1.54) is 12.1 Å². The minimum Gasteiger partial charge on any atom is -0.405 e. The number of carbonyl (C=O) groups excluding carboxylic acids is 1. The number of carbonyl (C=O) groups is 1. The van der Waals surface area contributed by atoms with E-state index < -0.39 is 6.36 Å². The molecule has 1 aromatic carbocycles. The van der Waals surface area contributed by atoms with Gasteiger partial charge in [0.05, 0.1) is 0 Å². The number of hydrogen-bond donors (Lipinski definition) is 1. The third kappa shape index (κ3) is 4.08. The molecule has 4 unspecified atom stereocenters. The van der Waals surface area contributed by atoms with Crippen molar-refractivity contribution in [1.82, 2.24) is 4.90 Å². The monoisotopic (exact) mass is 356 g/mol. The maximum Gasteiger partial charge on any atom is 0.573 e. The van der Waals surface area contributed by atoms with Gasteiger partial charge in [0.2, 0.25) is 5.91 Å². The second-order valence-corrected chi connectivity index (χ2v) is 6.99. The van der Waals surface area contributed by atoms with Gasteiger partial charge in [0, 0.05) is 24.5 Å². The first kappa shape index (κ1) is 18.0. The van der Waals surface area contributed by atoms with Gasteiger partial charge >= 0.3 is 6.36 Å². The molecule has 0 bridgehead atoms. The van der Waals surface area contributed by atoms with E-state index in [2.05, 4.69) is 4.74 Å². The molecule has 25 heavy (non-hydrogen) atoms. The lowest BCUT2D eigenvalue weighted by atomic mass is 9.96. The van der Waals surface area contributed by atoms with Crippen LogP contribution in [0.1, 0.15) is 44.1 Å². The first-order chi connectivity index (χ1) is 11.8. The highest BCUT2D eigenvalue weighted by molar-refractivity contribution is 5.83. The van der Waals surface area contributed by atoms with Crippen LogP contribution in [0.2, 0.25) is 0 Å². The van der Waals surface area contributed by atoms with Crippen LogP contribution in [0.4, 0.5) is 13.2 Å². The van der Waals surface area contributed by atoms with Gasteiger partial charge in [-0.15, -0.1) is 13.2 Å². The molecule has 4 atom stereocenters. The number of nitrogens with two attached hydrogens (primary N) is 1. The summed E-state index contributed by atoms with van der Waals surface area (Å²) in [5.41, 5.74) is 6.47. The van der Waals surface area contributed by atoms with Crippen LogP contribution in [-0.4, -0.2) is 35.8 Å². The molecular formula is C18H23F3N2O2. The summed E-state index contributed by atoms with van der Waals surface area (Å²) in [5.74, 6) is -0.703. The maximum atomic E-state index is 12.9. The Kier molecular flexibility index (Phi) is 4.95. The van der Waals surface area contributed by atoms with E-state index in [-0.39, 0.29) is 35.6 Å². The minimum absolute atomic E-state index is 0.00816. The number of nitrogens with zero attached hydrogens (tertiary/aromatic N) is 1. The lowest BCUT2D eigenvalue weighted by Crippen LogP contribution is -2.52. The molecule has 0 aromatic heterocycles. The summed E-state index contributed by atoms with van der Waals surface area (Å²) in [6.45, 7) is 2.57. The summed E-state index contributed by atoms with van der Waals surface area (Å²) in [5, 5.41) is 0. The van der Waals surface area contributed by atoms with Gasteiger partial charge in [-0.2, -0.15) is 0 Å². The minimum atomic E-state index is -4.74. The molecule has 1 heterocycles. The molecule has 138 valence electrons. The number of ether oxygens (including phenoxy) is 1. The Bertz CT molecular complexity index is 633. The summed E-state index contributed by atoms with van der Waals surface area (Å²) in [7, 11) is 0. The third-order valence-electron chi connectivity index (χ3n) is 5.09. The van der Waals surface area contributed by atoms with E-state index in [4.69, 9.17) is 5.73 Å². The van der Waals surface area contributed by atoms with Crippen LogP contribution in [0.25, 0.3) is 0 Å². The number of rotatable bonds is 4. The van der Waals surface area contributed by atoms with Crippen LogP contribution in [0.3, 0.4) is 0 Å². The van der Waals surface area contributed by atoms with E-state index in [9.17, 15) is 18.0 Å². The highest BCUT2D eigenvalue weighted by Crippen LogP contribution is 2.52. The van der Waals surface area contributed by atoms with E-state index in [1.807, 2.05) is 11.8 Å². The standard InChI is InChI=1S/C18H23F3N2O2/c1-11(22)15-7-4-5-9-23(15)17(24)14-10-13(14)12-6-2-3-8-16(12)25-18(19,20)21/h2-3,6,8,11,13-15H,4-5,7,9-10,22H2,1H3. The highest BCUT2D eigenvalue weighted by atomic mass is 19.4. The molecule has 1 saturated heterocycles. The Morgan fingerprint density at radius 2 is 2.04 bits per heavy atom. The van der Waals surface area contributed by atoms with Crippen LogP contribution in [-0.2, 0) is 4.79 Å². The van der Waals surface area contributed by atoms with Crippen molar-refractivity contribution in [1.29, 1.82) is 0 Å². The number of halogens is 3. The van der Waals surface area contributed by atoms with Gasteiger partial charge in [-0.05, 0) is 50.2 Å². The van der Waals surface area contributed by atoms with Gasteiger partial charge in [0.1, 0.15) is 5.75 Å². The highest BCUT2D eigenvalue weighted by Gasteiger charge is 2.49. The molecular weight excluding hydrogens is 333 g/mol. The van der Waals surface area contributed by atoms with Gasteiger partial charge in [-0.3, -0.25) is 4.79 Å². The SMILES string of the molecule is CC(N)C1CCCCN1C(=O)C1CC1c1ccccc1OC(F)(F)F. The van der Waals surface area contributed by atoms with Crippen molar-refractivity contribution in [2.45, 2.75) is 57.0 Å². The molecule has 0 radical (unpaired) electrons. The maximum absolute atomic E-state index is 12.9. The van der Waals surface area contributed by atoms with Crippen molar-refractivity contribution in [2.75, 3.05) is 6.54 Å². The van der Waals surface area contributed by atoms with Crippen LogP contribution >= 0.6 is 0 Å². The third-order valence-corrected chi connectivity index (χ3v) is 5.09. The summed E-state index contributed by atoms with van der Waals surface area (Å²) in [6.07, 6.45) is -1.31. The summed E-state index contributed by atoms with van der Waals surface area (Å²) in [6, 6.07) is 5.99. The molecule has 7 heteroatoms. The molecule has 2 aliphatic rings. The number of benzene rings is 1. The number of amides is 1. The zero-order chi connectivity index (χ0) is 18.2. The van der Waals surface area contributed by atoms with Crippen molar-refractivity contribution in [3.8, 4) is 5.75 Å². The van der Waals surface area contributed by atoms with Crippen molar-refractivity contribution < 1.29 is 22.7 Å². The average molecular weight is 356 g/mol. The Hall–Kier alpha value is -1.76. The fraction of sp³-hybridized carbons (Fsp3) is 0.611. The molecule has 3 rings (SSSR count). The van der Waals surface area contributed by atoms with Gasteiger partial charge in [-0.25, -0.2) is 0 Å². The van der Waals surface area contributed by atoms with Crippen LogP contribution in [0.5, 0.6) is 5.75 Å². The molecule has 2 N–H and O–H groups in total. The van der Waals surface area contributed by atoms with Gasteiger partial charge in [-0.1, -0.05) is 18.2 Å². The second kappa shape index (κ2) is 6.86. The largest absolute Gasteiger partial charge is 0.573 e. The van der Waals surface area contributed by atoms with Gasteiger partial charge in [0.25, 0.3) is 0 Å². The molecule has 1 aliphatic carbocycles. The lowest BCUT2D eigenvalue weighted by molar-refractivity contribution is -0.274. The summed E-state index contributed by atoms with van der Waals surface area (Å²) < 4.78 is 41.9. The number of likely N-dealkylation sites (tertiary alicyclic amines) is 1. The molecule has 1 aromatic rings. The zero-order valence-electron chi connectivity index (χ0n) is 14.1. The van der Waals surface area contributed by atoms with E-state index >= 15 is 0 Å². The molecule has 1 saturated carbocycles. The van der Waals surface area contributed by atoms with Crippen molar-refractivity contribution in [3.05, 3.63) is 29.8 Å². The Balaban J connectivity index is 1.73. The summed E-state index contributed by atoms with van der Waals surface area (Å²) >= 11 is 0. The number of para-hydroxylation sites is 1. The lowest BCUT2D eigenvalue weighted by Gasteiger charge is -2.38. The van der Waals surface area contributed by atoms with Crippen LogP contribution in [0, 0.1) is 5.92 Å². The molecule has 4 nitrogen and oxygen atoms in total. The Morgan fingerprint density at radius 1 is 1.32 bits per heavy atom. The molecule has 1 amide bonds. The molecule has 0 spiro atoms. The smallest absolute Gasteiger partial charge is 0.405 e. The van der Waals surface area contributed by atoms with Crippen molar-refractivity contribution >= 4 is 5.91 Å². The quantitative estimate of drug-likeness (QED) is 0.899. The van der Waals surface area contributed by atoms with E-state index in [1.54, 1.807) is 12.1 Å². The first-order valence-electron chi connectivity index (χ1n) is 8.68. The van der Waals surface area contributed by atoms with Gasteiger partial charge in [0.15, 0.2) is 0 Å². The van der Waals surface area contributed by atoms with Gasteiger partial charge < -0.3 is 15.4 Å². The molecule has 2 fully saturated rings. The Labute approximate surface area is 145 Å². The first-order valence-corrected chi connectivity index (χ1v) is 8.68. The van der Waals surface area contributed by atoms with Crippen molar-refractivity contribution in [2.24, 2.45) is 11.7 Å². The van der Waals surface area contributed by atoms with Crippen molar-refractivity contribution in [3.63, 3.8) is 0 Å². The fourth-order valence-corrected chi connectivity index (χ4v) is 3.81. The van der Waals surface area contributed by atoms with Crippen LogP contribution < -0.4 is 10.5 Å². The summed E-state index contributed by atoms with van der Waals surface area (Å²) in [4.78, 5) is 14.7. The Morgan fingerprint density at radius 3 is 2.72 bits per heavy atom. The topological polar surface area (TPSA) is 55.6 Å². The predicted molar refractivity (Wildman–Crippen MR) is 87.0 cm³/mol.